The lowest BCUT2D eigenvalue weighted by molar-refractivity contribution is -0.140. The van der Waals surface area contributed by atoms with E-state index in [2.05, 4.69) is 15.8 Å². The van der Waals surface area contributed by atoms with Gasteiger partial charge in [0.25, 0.3) is 5.91 Å². The van der Waals surface area contributed by atoms with Gasteiger partial charge in [0.2, 0.25) is 0 Å². The van der Waals surface area contributed by atoms with Crippen LogP contribution < -0.4 is 25.8 Å². The molecule has 1 unspecified atom stereocenters. The number of carboxylic acid groups (broad SMARTS) is 1. The Morgan fingerprint density at radius 2 is 1.69 bits per heavy atom. The van der Waals surface area contributed by atoms with Gasteiger partial charge in [-0.1, -0.05) is 59.6 Å². The van der Waals surface area contributed by atoms with Crippen LogP contribution in [0.4, 0.5) is 11.4 Å². The molecule has 0 aliphatic heterocycles. The first kappa shape index (κ1) is 33.2. The predicted molar refractivity (Wildman–Crippen MR) is 172 cm³/mol. The maximum absolute atomic E-state index is 11.9. The zero-order valence-electron chi connectivity index (χ0n) is 24.1. The smallest absolute Gasteiger partial charge is 0.323 e. The summed E-state index contributed by atoms with van der Waals surface area (Å²) in [7, 11) is 1.57. The summed E-state index contributed by atoms with van der Waals surface area (Å²) in [5.74, 6) is -0.795. The van der Waals surface area contributed by atoms with Crippen molar-refractivity contribution in [2.24, 2.45) is 5.18 Å². The van der Waals surface area contributed by atoms with Crippen molar-refractivity contribution in [3.63, 3.8) is 0 Å². The molecule has 0 fully saturated rings. The van der Waals surface area contributed by atoms with E-state index in [9.17, 15) is 24.7 Å². The second-order valence-electron chi connectivity index (χ2n) is 9.84. The molecule has 0 aliphatic carbocycles. The van der Waals surface area contributed by atoms with Crippen LogP contribution in [0.15, 0.2) is 78.0 Å². The molecule has 0 aromatic heterocycles. The number of nitrogens with zero attached hydrogens (tertiary/aromatic N) is 1. The van der Waals surface area contributed by atoms with Crippen LogP contribution in [-0.2, 0) is 24.6 Å². The number of amides is 1. The minimum absolute atomic E-state index is 0.00950. The fraction of sp³-hybridized carbons (Fsp3) is 0.188. The van der Waals surface area contributed by atoms with E-state index < -0.39 is 18.6 Å². The third-order valence-corrected chi connectivity index (χ3v) is 7.61. The normalized spacial score (nSPS) is 11.5. The van der Waals surface area contributed by atoms with E-state index in [-0.39, 0.29) is 47.8 Å². The summed E-state index contributed by atoms with van der Waals surface area (Å²) < 4.78 is 12.1. The number of benzene rings is 4. The molecule has 13 heteroatoms. The molecule has 11 nitrogen and oxygen atoms in total. The first-order chi connectivity index (χ1) is 21.6. The number of rotatable bonds is 14. The van der Waals surface area contributed by atoms with Crippen LogP contribution in [0.2, 0.25) is 10.0 Å². The molecule has 45 heavy (non-hydrogen) atoms. The number of ether oxygens (including phenoxy) is 2. The number of aliphatic carboxylic acids is 1. The molecule has 0 saturated heterocycles. The maximum atomic E-state index is 11.9. The van der Waals surface area contributed by atoms with Gasteiger partial charge >= 0.3 is 5.97 Å². The van der Waals surface area contributed by atoms with Gasteiger partial charge in [0, 0.05) is 41.9 Å². The van der Waals surface area contributed by atoms with E-state index in [1.54, 1.807) is 43.4 Å². The number of hydrogen-bond donors (Lipinski definition) is 5. The van der Waals surface area contributed by atoms with E-state index in [0.717, 1.165) is 11.1 Å². The first-order valence-electron chi connectivity index (χ1n) is 13.6. The maximum Gasteiger partial charge on any atom is 0.323 e. The number of carbonyl (C=O) groups is 2. The summed E-state index contributed by atoms with van der Waals surface area (Å²) in [6.07, 6.45) is 0. The number of anilines is 1. The van der Waals surface area contributed by atoms with Crippen molar-refractivity contribution in [2.75, 3.05) is 19.4 Å². The molecule has 0 bridgehead atoms. The number of halogens is 2. The van der Waals surface area contributed by atoms with Gasteiger partial charge in [-0.05, 0) is 46.6 Å². The highest BCUT2D eigenvalue weighted by atomic mass is 35.5. The van der Waals surface area contributed by atoms with Gasteiger partial charge < -0.3 is 30.7 Å². The van der Waals surface area contributed by atoms with Crippen LogP contribution in [0.3, 0.4) is 0 Å². The number of nitrogens with one attached hydrogen (secondary N) is 2. The molecular formula is C32H30Cl2N4O7. The minimum Gasteiger partial charge on any atom is -0.488 e. The van der Waals surface area contributed by atoms with E-state index in [0.29, 0.717) is 33.0 Å². The zero-order valence-corrected chi connectivity index (χ0v) is 25.6. The van der Waals surface area contributed by atoms with Gasteiger partial charge in [-0.15, -0.1) is 4.91 Å². The molecule has 4 rings (SSSR count). The van der Waals surface area contributed by atoms with Crippen molar-refractivity contribution in [2.45, 2.75) is 25.8 Å². The Kier molecular flexibility index (Phi) is 11.3. The molecule has 6 N–H and O–H groups in total. The molecular weight excluding hydrogens is 623 g/mol. The van der Waals surface area contributed by atoms with Gasteiger partial charge in [0.15, 0.2) is 0 Å². The Hall–Kier alpha value is -4.68. The summed E-state index contributed by atoms with van der Waals surface area (Å²) in [5, 5.41) is 27.6. The predicted octanol–water partition coefficient (Wildman–Crippen LogP) is 5.69. The SMILES string of the molecule is CNC(=O)c1ccc(-c2cccc(COc3cc(OCc4ccc(N=O)c(N)c4)c(CNC(CO)C(=O)O)cc3Cl)c2Cl)cc1. The van der Waals surface area contributed by atoms with Crippen molar-refractivity contribution in [1.29, 1.82) is 0 Å². The number of hydrogen-bond acceptors (Lipinski definition) is 9. The number of aliphatic hydroxyl groups excluding tert-OH is 1. The Labute approximate surface area is 268 Å². The van der Waals surface area contributed by atoms with Crippen molar-refractivity contribution in [1.82, 2.24) is 10.6 Å². The number of carbonyl (C=O) groups excluding carboxylic acids is 1. The molecule has 0 aliphatic rings. The Morgan fingerprint density at radius 1 is 0.956 bits per heavy atom. The topological polar surface area (TPSA) is 173 Å². The standard InChI is InChI=1S/C32H30Cl2N4O7/c1-36-31(40)20-8-6-19(7-9-20)23-4-2-3-21(30(23)34)17-45-29-13-28(44-16-18-5-10-26(38-43)25(35)11-18)22(12-24(29)33)14-37-27(15-39)32(41)42/h2-13,27,37,39H,14-17,35H2,1H3,(H,36,40)(H,41,42). The summed E-state index contributed by atoms with van der Waals surface area (Å²) in [5.41, 5.74) is 10.1. The third kappa shape index (κ3) is 8.28. The van der Waals surface area contributed by atoms with Crippen molar-refractivity contribution in [3.8, 4) is 22.6 Å². The summed E-state index contributed by atoms with van der Waals surface area (Å²) in [4.78, 5) is 34.2. The van der Waals surface area contributed by atoms with Crippen molar-refractivity contribution in [3.05, 3.63) is 110 Å². The second-order valence-corrected chi connectivity index (χ2v) is 10.6. The molecule has 234 valence electrons. The molecule has 4 aromatic rings. The molecule has 0 heterocycles. The first-order valence-corrected chi connectivity index (χ1v) is 14.4. The van der Waals surface area contributed by atoms with Gasteiger partial charge in [0.1, 0.15) is 36.4 Å². The van der Waals surface area contributed by atoms with E-state index in [1.807, 2.05) is 30.3 Å². The number of nitrogen functional groups attached to an aromatic ring is 1. The summed E-state index contributed by atoms with van der Waals surface area (Å²) in [6, 6.07) is 19.2. The second kappa shape index (κ2) is 15.4. The van der Waals surface area contributed by atoms with Crippen molar-refractivity contribution >= 4 is 46.5 Å². The molecule has 0 radical (unpaired) electrons. The number of nitroso groups, excluding NO2 is 1. The highest BCUT2D eigenvalue weighted by Crippen LogP contribution is 2.36. The van der Waals surface area contributed by atoms with Gasteiger partial charge in [-0.3, -0.25) is 14.9 Å². The number of carboxylic acids is 1. The van der Waals surface area contributed by atoms with Crippen LogP contribution in [0.1, 0.15) is 27.0 Å². The van der Waals surface area contributed by atoms with Crippen LogP contribution in [0.5, 0.6) is 11.5 Å². The van der Waals surface area contributed by atoms with Crippen LogP contribution in [-0.4, -0.2) is 41.8 Å². The highest BCUT2D eigenvalue weighted by Gasteiger charge is 2.19. The minimum atomic E-state index is -1.22. The lowest BCUT2D eigenvalue weighted by Crippen LogP contribution is -2.39. The molecule has 1 amide bonds. The lowest BCUT2D eigenvalue weighted by Gasteiger charge is -2.18. The molecule has 0 saturated carbocycles. The largest absolute Gasteiger partial charge is 0.488 e. The zero-order chi connectivity index (χ0) is 32.5. The lowest BCUT2D eigenvalue weighted by atomic mass is 10.0. The summed E-state index contributed by atoms with van der Waals surface area (Å²) in [6.45, 7) is -0.501. The monoisotopic (exact) mass is 652 g/mol. The van der Waals surface area contributed by atoms with Gasteiger partial charge in [-0.25, -0.2) is 0 Å². The average Bonchev–Trinajstić information content (AvgIpc) is 3.04. The Bertz CT molecular complexity index is 1700. The number of nitrogens with two attached hydrogens (primary N) is 1. The van der Waals surface area contributed by atoms with Crippen molar-refractivity contribution < 1.29 is 29.3 Å². The van der Waals surface area contributed by atoms with Crippen LogP contribution in [0, 0.1) is 4.91 Å². The quantitative estimate of drug-likeness (QED) is 0.0846. The fourth-order valence-electron chi connectivity index (χ4n) is 4.38. The highest BCUT2D eigenvalue weighted by molar-refractivity contribution is 6.34. The van der Waals surface area contributed by atoms with E-state index in [1.165, 1.54) is 6.07 Å². The fourth-order valence-corrected chi connectivity index (χ4v) is 4.91. The third-order valence-electron chi connectivity index (χ3n) is 6.87. The van der Waals surface area contributed by atoms with E-state index >= 15 is 0 Å². The van der Waals surface area contributed by atoms with Gasteiger partial charge in [0.05, 0.1) is 22.3 Å². The Balaban J connectivity index is 1.57. The van der Waals surface area contributed by atoms with Crippen LogP contribution in [0.25, 0.3) is 11.1 Å². The molecule has 1 atom stereocenters. The Morgan fingerprint density at radius 3 is 2.33 bits per heavy atom. The molecule has 4 aromatic carbocycles. The van der Waals surface area contributed by atoms with Crippen LogP contribution >= 0.6 is 23.2 Å². The van der Waals surface area contributed by atoms with Gasteiger partial charge in [-0.2, -0.15) is 0 Å². The van der Waals surface area contributed by atoms with E-state index in [4.69, 9.17) is 38.4 Å². The molecule has 0 spiro atoms. The number of aliphatic hydroxyl groups is 1. The average molecular weight is 654 g/mol. The summed E-state index contributed by atoms with van der Waals surface area (Å²) >= 11 is 13.3.